The van der Waals surface area contributed by atoms with E-state index in [0.717, 1.165) is 11.3 Å². The highest BCUT2D eigenvalue weighted by Crippen LogP contribution is 2.21. The second kappa shape index (κ2) is 4.23. The maximum atomic E-state index is 5.65. The summed E-state index contributed by atoms with van der Waals surface area (Å²) in [6.07, 6.45) is 1.56. The molecule has 0 aliphatic rings. The number of halogens is 1. The zero-order valence-corrected chi connectivity index (χ0v) is 8.77. The summed E-state index contributed by atoms with van der Waals surface area (Å²) in [6.45, 7) is 0. The van der Waals surface area contributed by atoms with Crippen molar-refractivity contribution in [3.63, 3.8) is 0 Å². The summed E-state index contributed by atoms with van der Waals surface area (Å²) >= 11 is 5.65. The monoisotopic (exact) mass is 221 g/mol. The van der Waals surface area contributed by atoms with E-state index in [1.54, 1.807) is 13.3 Å². The Morgan fingerprint density at radius 3 is 2.93 bits per heavy atom. The van der Waals surface area contributed by atoms with Gasteiger partial charge < -0.3 is 4.74 Å². The predicted octanol–water partition coefficient (Wildman–Crippen LogP) is 2.20. The number of ether oxygens (including phenoxy) is 1. The van der Waals surface area contributed by atoms with Crippen LogP contribution in [0.1, 0.15) is 0 Å². The van der Waals surface area contributed by atoms with Crippen molar-refractivity contribution < 1.29 is 4.74 Å². The Kier molecular flexibility index (Phi) is 2.78. The largest absolute Gasteiger partial charge is 0.497 e. The first kappa shape index (κ1) is 9.86. The first-order chi connectivity index (χ1) is 7.29. The molecule has 0 radical (unpaired) electrons. The van der Waals surface area contributed by atoms with Crippen molar-refractivity contribution in [1.29, 1.82) is 0 Å². The number of methoxy groups -OCH3 is 1. The molecule has 2 rings (SSSR count). The van der Waals surface area contributed by atoms with Crippen LogP contribution in [0, 0.1) is 0 Å². The van der Waals surface area contributed by atoms with Crippen LogP contribution in [0.5, 0.6) is 5.75 Å². The van der Waals surface area contributed by atoms with Crippen molar-refractivity contribution in [2.75, 3.05) is 7.11 Å². The first-order valence-electron chi connectivity index (χ1n) is 4.29. The number of hydrogen-bond acceptors (Lipinski definition) is 4. The fraction of sp³-hybridized carbons (Fsp3) is 0.100. The van der Waals surface area contributed by atoms with Crippen LogP contribution >= 0.6 is 11.6 Å². The Bertz CT molecular complexity index is 476. The zero-order chi connectivity index (χ0) is 10.7. The smallest absolute Gasteiger partial charge is 0.243 e. The lowest BCUT2D eigenvalue weighted by molar-refractivity contribution is 0.415. The fourth-order valence-corrected chi connectivity index (χ4v) is 1.34. The second-order valence-electron chi connectivity index (χ2n) is 2.84. The van der Waals surface area contributed by atoms with Crippen LogP contribution in [0.25, 0.3) is 11.3 Å². The molecule has 0 saturated carbocycles. The molecule has 1 aromatic carbocycles. The second-order valence-corrected chi connectivity index (χ2v) is 3.18. The zero-order valence-electron chi connectivity index (χ0n) is 8.01. The van der Waals surface area contributed by atoms with Crippen LogP contribution in [0.4, 0.5) is 0 Å². The van der Waals surface area contributed by atoms with E-state index < -0.39 is 0 Å². The molecule has 0 N–H and O–H groups in total. The van der Waals surface area contributed by atoms with Gasteiger partial charge in [0.1, 0.15) is 5.75 Å². The summed E-state index contributed by atoms with van der Waals surface area (Å²) in [5, 5.41) is 7.45. The third-order valence-corrected chi connectivity index (χ3v) is 2.06. The Labute approximate surface area is 91.9 Å². The van der Waals surface area contributed by atoms with Crippen LogP contribution in [0.15, 0.2) is 30.5 Å². The molecule has 0 saturated heterocycles. The van der Waals surface area contributed by atoms with Crippen LogP contribution in [-0.2, 0) is 0 Å². The third kappa shape index (κ3) is 2.22. The van der Waals surface area contributed by atoms with Crippen LogP contribution < -0.4 is 4.74 Å². The van der Waals surface area contributed by atoms with Gasteiger partial charge in [-0.25, -0.2) is 4.98 Å². The van der Waals surface area contributed by atoms with Gasteiger partial charge in [0.15, 0.2) is 0 Å². The van der Waals surface area contributed by atoms with E-state index in [4.69, 9.17) is 16.3 Å². The van der Waals surface area contributed by atoms with E-state index in [1.807, 2.05) is 24.3 Å². The summed E-state index contributed by atoms with van der Waals surface area (Å²) in [6, 6.07) is 7.51. The van der Waals surface area contributed by atoms with Gasteiger partial charge in [-0.2, -0.15) is 5.10 Å². The van der Waals surface area contributed by atoms with Crippen molar-refractivity contribution in [1.82, 2.24) is 15.2 Å². The SMILES string of the molecule is COc1cccc(-c2cnnc(Cl)n2)c1. The average Bonchev–Trinajstić information content (AvgIpc) is 2.29. The van der Waals surface area contributed by atoms with E-state index in [2.05, 4.69) is 15.2 Å². The van der Waals surface area contributed by atoms with Gasteiger partial charge in [0.05, 0.1) is 19.0 Å². The van der Waals surface area contributed by atoms with Gasteiger partial charge in [0.25, 0.3) is 0 Å². The summed E-state index contributed by atoms with van der Waals surface area (Å²) in [5.74, 6) is 0.766. The van der Waals surface area contributed by atoms with Crippen molar-refractivity contribution in [2.45, 2.75) is 0 Å². The van der Waals surface area contributed by atoms with E-state index in [0.29, 0.717) is 5.69 Å². The van der Waals surface area contributed by atoms with Gasteiger partial charge in [0, 0.05) is 5.56 Å². The number of hydrogen-bond donors (Lipinski definition) is 0. The molecule has 4 nitrogen and oxygen atoms in total. The minimum Gasteiger partial charge on any atom is -0.497 e. The third-order valence-electron chi connectivity index (χ3n) is 1.90. The highest BCUT2D eigenvalue weighted by Gasteiger charge is 2.02. The van der Waals surface area contributed by atoms with Crippen LogP contribution in [0.2, 0.25) is 5.28 Å². The standard InChI is InChI=1S/C10H8ClN3O/c1-15-8-4-2-3-7(5-8)9-6-12-14-10(11)13-9/h2-6H,1H3. The Morgan fingerprint density at radius 1 is 1.33 bits per heavy atom. The number of benzene rings is 1. The average molecular weight is 222 g/mol. The van der Waals surface area contributed by atoms with Crippen molar-refractivity contribution in [3.05, 3.63) is 35.7 Å². The number of rotatable bonds is 2. The molecule has 0 aliphatic carbocycles. The van der Waals surface area contributed by atoms with Gasteiger partial charge in [-0.1, -0.05) is 12.1 Å². The van der Waals surface area contributed by atoms with Gasteiger partial charge in [-0.05, 0) is 23.7 Å². The van der Waals surface area contributed by atoms with Crippen molar-refractivity contribution in [3.8, 4) is 17.0 Å². The topological polar surface area (TPSA) is 47.9 Å². The molecule has 1 aromatic heterocycles. The quantitative estimate of drug-likeness (QED) is 0.780. The fourth-order valence-electron chi connectivity index (χ4n) is 1.20. The summed E-state index contributed by atoms with van der Waals surface area (Å²) in [5.41, 5.74) is 1.57. The Morgan fingerprint density at radius 2 is 2.20 bits per heavy atom. The van der Waals surface area contributed by atoms with E-state index in [-0.39, 0.29) is 5.28 Å². The van der Waals surface area contributed by atoms with Gasteiger partial charge in [-0.3, -0.25) is 0 Å². The minimum atomic E-state index is 0.135. The first-order valence-corrected chi connectivity index (χ1v) is 4.67. The number of aromatic nitrogens is 3. The normalized spacial score (nSPS) is 10.0. The molecule has 76 valence electrons. The van der Waals surface area contributed by atoms with Gasteiger partial charge in [-0.15, -0.1) is 5.10 Å². The summed E-state index contributed by atoms with van der Waals surface area (Å²) in [4.78, 5) is 4.06. The van der Waals surface area contributed by atoms with Gasteiger partial charge >= 0.3 is 0 Å². The predicted molar refractivity (Wildman–Crippen MR) is 56.8 cm³/mol. The van der Waals surface area contributed by atoms with Crippen LogP contribution in [0.3, 0.4) is 0 Å². The van der Waals surface area contributed by atoms with Gasteiger partial charge in [0.2, 0.25) is 5.28 Å². The lowest BCUT2D eigenvalue weighted by Crippen LogP contribution is -1.91. The molecular weight excluding hydrogens is 214 g/mol. The molecule has 2 aromatic rings. The van der Waals surface area contributed by atoms with Crippen molar-refractivity contribution in [2.24, 2.45) is 0 Å². The minimum absolute atomic E-state index is 0.135. The highest BCUT2D eigenvalue weighted by molar-refractivity contribution is 6.28. The van der Waals surface area contributed by atoms with Crippen LogP contribution in [-0.4, -0.2) is 22.3 Å². The molecule has 0 bridgehead atoms. The lowest BCUT2D eigenvalue weighted by atomic mass is 10.1. The van der Waals surface area contributed by atoms with E-state index in [9.17, 15) is 0 Å². The maximum absolute atomic E-state index is 5.65. The molecular formula is C10H8ClN3O. The molecule has 0 fully saturated rings. The molecule has 1 heterocycles. The molecule has 5 heteroatoms. The number of nitrogens with zero attached hydrogens (tertiary/aromatic N) is 3. The maximum Gasteiger partial charge on any atom is 0.243 e. The summed E-state index contributed by atoms with van der Waals surface area (Å²) < 4.78 is 5.11. The lowest BCUT2D eigenvalue weighted by Gasteiger charge is -2.02. The van der Waals surface area contributed by atoms with Crippen molar-refractivity contribution >= 4 is 11.6 Å². The molecule has 0 atom stereocenters. The molecule has 0 aliphatic heterocycles. The molecule has 0 unspecified atom stereocenters. The van der Waals surface area contributed by atoms with E-state index in [1.165, 1.54) is 0 Å². The molecule has 15 heavy (non-hydrogen) atoms. The van der Waals surface area contributed by atoms with E-state index >= 15 is 0 Å². The molecule has 0 spiro atoms. The molecule has 0 amide bonds. The summed E-state index contributed by atoms with van der Waals surface area (Å²) in [7, 11) is 1.62. The highest BCUT2D eigenvalue weighted by atomic mass is 35.5. The Balaban J connectivity index is 2.44. The Hall–Kier alpha value is -1.68.